The van der Waals surface area contributed by atoms with Gasteiger partial charge in [0, 0.05) is 10.9 Å². The van der Waals surface area contributed by atoms with Crippen molar-refractivity contribution in [1.29, 1.82) is 0 Å². The third kappa shape index (κ3) is 5.83. The quantitative estimate of drug-likeness (QED) is 0.386. The number of furan rings is 1. The molecule has 0 saturated heterocycles. The standard InChI is InChI=1S/C19H23N5OS2/c1-3-17-12-21-19(27-17)22-15-8-6-14(7-9-15)13(2)23-24-18(26)20-11-16-5-4-10-25-16/h4-10,17H,3,11-12H2,1-2H3,(H,21,22)(H2,20,24,26)/b23-13-/t17-/m1/s1. The Morgan fingerprint density at radius 3 is 2.81 bits per heavy atom. The number of benzene rings is 1. The first-order valence-electron chi connectivity index (χ1n) is 8.83. The highest BCUT2D eigenvalue weighted by molar-refractivity contribution is 8.15. The second-order valence-corrected chi connectivity index (χ2v) is 7.76. The van der Waals surface area contributed by atoms with Crippen molar-refractivity contribution < 1.29 is 4.42 Å². The first-order valence-corrected chi connectivity index (χ1v) is 10.1. The Morgan fingerprint density at radius 2 is 2.15 bits per heavy atom. The molecule has 1 atom stereocenters. The predicted molar refractivity (Wildman–Crippen MR) is 118 cm³/mol. The highest BCUT2D eigenvalue weighted by Crippen LogP contribution is 2.24. The van der Waals surface area contributed by atoms with Crippen LogP contribution in [0.4, 0.5) is 5.69 Å². The van der Waals surface area contributed by atoms with Crippen LogP contribution in [0.3, 0.4) is 0 Å². The number of thioether (sulfide) groups is 1. The Balaban J connectivity index is 1.48. The molecule has 0 amide bonds. The minimum atomic E-state index is 0.450. The normalized spacial score (nSPS) is 16.7. The van der Waals surface area contributed by atoms with E-state index in [0.717, 1.165) is 40.9 Å². The van der Waals surface area contributed by atoms with Crippen LogP contribution in [0.15, 0.2) is 57.2 Å². The highest BCUT2D eigenvalue weighted by atomic mass is 32.2. The van der Waals surface area contributed by atoms with Gasteiger partial charge in [0.15, 0.2) is 10.3 Å². The van der Waals surface area contributed by atoms with Crippen LogP contribution in [-0.2, 0) is 6.54 Å². The average molecular weight is 402 g/mol. The summed E-state index contributed by atoms with van der Waals surface area (Å²) < 4.78 is 5.25. The second-order valence-electron chi connectivity index (χ2n) is 6.07. The highest BCUT2D eigenvalue weighted by Gasteiger charge is 2.17. The summed E-state index contributed by atoms with van der Waals surface area (Å²) in [4.78, 5) is 4.53. The van der Waals surface area contributed by atoms with Crippen LogP contribution in [0.2, 0.25) is 0 Å². The van der Waals surface area contributed by atoms with E-state index in [4.69, 9.17) is 16.6 Å². The van der Waals surface area contributed by atoms with Crippen molar-refractivity contribution in [3.8, 4) is 0 Å². The Hall–Kier alpha value is -2.32. The molecule has 0 bridgehead atoms. The van der Waals surface area contributed by atoms with Gasteiger partial charge < -0.3 is 15.1 Å². The molecule has 0 spiro atoms. The predicted octanol–water partition coefficient (Wildman–Crippen LogP) is 3.96. The molecule has 1 aliphatic rings. The lowest BCUT2D eigenvalue weighted by atomic mass is 10.1. The van der Waals surface area contributed by atoms with E-state index in [0.29, 0.717) is 16.9 Å². The van der Waals surface area contributed by atoms with Gasteiger partial charge in [-0.1, -0.05) is 30.8 Å². The SMILES string of the molecule is CC[C@@H]1CN=C(Nc2ccc(/C(C)=N\NC(=S)NCc3ccco3)cc2)S1. The third-order valence-corrected chi connectivity index (χ3v) is 5.56. The summed E-state index contributed by atoms with van der Waals surface area (Å²) in [6.45, 7) is 5.55. The zero-order valence-corrected chi connectivity index (χ0v) is 17.0. The number of hydrazone groups is 1. The van der Waals surface area contributed by atoms with Gasteiger partial charge in [-0.15, -0.1) is 0 Å². The number of anilines is 1. The molecule has 142 valence electrons. The number of nitrogens with zero attached hydrogens (tertiary/aromatic N) is 2. The monoisotopic (exact) mass is 401 g/mol. The molecular weight excluding hydrogens is 378 g/mol. The van der Waals surface area contributed by atoms with Crippen LogP contribution < -0.4 is 16.1 Å². The molecule has 0 unspecified atom stereocenters. The number of thiocarbonyl (C=S) groups is 1. The maximum Gasteiger partial charge on any atom is 0.187 e. The number of hydrogen-bond acceptors (Lipinski definition) is 6. The number of amidine groups is 1. The molecule has 1 aromatic heterocycles. The van der Waals surface area contributed by atoms with Crippen molar-refractivity contribution in [2.75, 3.05) is 11.9 Å². The van der Waals surface area contributed by atoms with Gasteiger partial charge in [-0.25, -0.2) is 0 Å². The van der Waals surface area contributed by atoms with Crippen molar-refractivity contribution in [3.63, 3.8) is 0 Å². The van der Waals surface area contributed by atoms with E-state index in [1.807, 2.05) is 55.1 Å². The number of nitrogens with one attached hydrogen (secondary N) is 3. The van der Waals surface area contributed by atoms with Gasteiger partial charge in [-0.3, -0.25) is 10.4 Å². The van der Waals surface area contributed by atoms with Crippen molar-refractivity contribution in [3.05, 3.63) is 54.0 Å². The first-order chi connectivity index (χ1) is 13.1. The molecule has 1 aromatic carbocycles. The Bertz CT molecular complexity index is 815. The zero-order chi connectivity index (χ0) is 19.1. The van der Waals surface area contributed by atoms with Crippen LogP contribution in [0, 0.1) is 0 Å². The third-order valence-electron chi connectivity index (χ3n) is 4.05. The van der Waals surface area contributed by atoms with Gasteiger partial charge in [0.1, 0.15) is 5.76 Å². The minimum Gasteiger partial charge on any atom is -0.467 e. The van der Waals surface area contributed by atoms with E-state index in [2.05, 4.69) is 33.1 Å². The van der Waals surface area contributed by atoms with E-state index >= 15 is 0 Å². The minimum absolute atomic E-state index is 0.450. The summed E-state index contributed by atoms with van der Waals surface area (Å²) in [7, 11) is 0. The Labute approximate surface area is 168 Å². The molecular formula is C19H23N5OS2. The fraction of sp³-hybridized carbons (Fsp3) is 0.316. The molecule has 0 fully saturated rings. The molecule has 3 N–H and O–H groups in total. The van der Waals surface area contributed by atoms with Gasteiger partial charge in [0.25, 0.3) is 0 Å². The van der Waals surface area contributed by atoms with E-state index in [1.165, 1.54) is 0 Å². The lowest BCUT2D eigenvalue weighted by Crippen LogP contribution is -2.32. The molecule has 0 aliphatic carbocycles. The van der Waals surface area contributed by atoms with Gasteiger partial charge >= 0.3 is 0 Å². The first kappa shape index (κ1) is 19.4. The lowest BCUT2D eigenvalue weighted by Gasteiger charge is -2.09. The summed E-state index contributed by atoms with van der Waals surface area (Å²) in [5, 5.41) is 12.8. The fourth-order valence-electron chi connectivity index (χ4n) is 2.44. The van der Waals surface area contributed by atoms with Crippen LogP contribution in [0.1, 0.15) is 31.6 Å². The molecule has 1 aliphatic heterocycles. The summed E-state index contributed by atoms with van der Waals surface area (Å²) in [5.74, 6) is 0.818. The van der Waals surface area contributed by atoms with E-state index in [1.54, 1.807) is 6.26 Å². The topological polar surface area (TPSA) is 74.0 Å². The Kier molecular flexibility index (Phi) is 6.89. The van der Waals surface area contributed by atoms with E-state index in [9.17, 15) is 0 Å². The molecule has 0 radical (unpaired) electrons. The van der Waals surface area contributed by atoms with Gasteiger partial charge in [0.2, 0.25) is 0 Å². The van der Waals surface area contributed by atoms with Crippen molar-refractivity contribution in [2.24, 2.45) is 10.1 Å². The molecule has 2 aromatic rings. The molecule has 8 heteroatoms. The zero-order valence-electron chi connectivity index (χ0n) is 15.4. The summed E-state index contributed by atoms with van der Waals surface area (Å²) in [6.07, 6.45) is 2.77. The fourth-order valence-corrected chi connectivity index (χ4v) is 3.51. The summed E-state index contributed by atoms with van der Waals surface area (Å²) >= 11 is 7.03. The van der Waals surface area contributed by atoms with Gasteiger partial charge in [0.05, 0.1) is 25.1 Å². The molecule has 6 nitrogen and oxygen atoms in total. The van der Waals surface area contributed by atoms with Crippen LogP contribution in [0.25, 0.3) is 0 Å². The number of aliphatic imine (C=N–C) groups is 1. The molecule has 2 heterocycles. The van der Waals surface area contributed by atoms with E-state index in [-0.39, 0.29) is 0 Å². The Morgan fingerprint density at radius 1 is 1.33 bits per heavy atom. The van der Waals surface area contributed by atoms with Crippen molar-refractivity contribution in [1.82, 2.24) is 10.7 Å². The summed E-state index contributed by atoms with van der Waals surface area (Å²) in [5.41, 5.74) is 5.75. The van der Waals surface area contributed by atoms with Crippen LogP contribution in [-0.4, -0.2) is 27.8 Å². The van der Waals surface area contributed by atoms with Crippen LogP contribution in [0.5, 0.6) is 0 Å². The van der Waals surface area contributed by atoms with E-state index < -0.39 is 0 Å². The second kappa shape index (κ2) is 9.57. The maximum atomic E-state index is 5.25. The largest absolute Gasteiger partial charge is 0.467 e. The van der Waals surface area contributed by atoms with Gasteiger partial charge in [-0.05, 0) is 55.4 Å². The number of hydrogen-bond donors (Lipinski definition) is 3. The maximum absolute atomic E-state index is 5.25. The van der Waals surface area contributed by atoms with Crippen molar-refractivity contribution >= 4 is 45.7 Å². The number of rotatable bonds is 6. The molecule has 27 heavy (non-hydrogen) atoms. The molecule has 0 saturated carbocycles. The average Bonchev–Trinajstić information content (AvgIpc) is 3.36. The summed E-state index contributed by atoms with van der Waals surface area (Å²) in [6, 6.07) is 11.8. The smallest absolute Gasteiger partial charge is 0.187 e. The van der Waals surface area contributed by atoms with Gasteiger partial charge in [-0.2, -0.15) is 5.10 Å². The van der Waals surface area contributed by atoms with Crippen LogP contribution >= 0.6 is 24.0 Å². The van der Waals surface area contributed by atoms with Crippen molar-refractivity contribution in [2.45, 2.75) is 32.1 Å². The molecule has 3 rings (SSSR count). The lowest BCUT2D eigenvalue weighted by molar-refractivity contribution is 0.502.